The van der Waals surface area contributed by atoms with Crippen LogP contribution in [0.1, 0.15) is 20.8 Å². The van der Waals surface area contributed by atoms with Crippen LogP contribution >= 0.6 is 0 Å². The van der Waals surface area contributed by atoms with Crippen molar-refractivity contribution in [3.63, 3.8) is 0 Å². The molecule has 0 fully saturated rings. The van der Waals surface area contributed by atoms with Crippen molar-refractivity contribution in [2.45, 2.75) is 0 Å². The lowest BCUT2D eigenvalue weighted by Gasteiger charge is -2.01. The lowest BCUT2D eigenvalue weighted by molar-refractivity contribution is 0.0590. The largest absolute Gasteiger partial charge is 0.464 e. The first-order valence-electron chi connectivity index (χ1n) is 4.80. The molecule has 0 amide bonds. The summed E-state index contributed by atoms with van der Waals surface area (Å²) in [6.45, 7) is 0. The third kappa shape index (κ3) is 1.48. The van der Waals surface area contributed by atoms with Crippen LogP contribution in [0.4, 0.5) is 0 Å². The summed E-state index contributed by atoms with van der Waals surface area (Å²) < 4.78 is 6.39. The van der Waals surface area contributed by atoms with Crippen LogP contribution in [0.3, 0.4) is 0 Å². The fourth-order valence-corrected chi connectivity index (χ4v) is 1.72. The number of hydrogen-bond acceptors (Lipinski definition) is 3. The number of aldehydes is 1. The Balaban J connectivity index is 2.68. The Bertz CT molecular complexity index is 569. The number of hydrogen-bond donors (Lipinski definition) is 0. The van der Waals surface area contributed by atoms with Gasteiger partial charge in [-0.15, -0.1) is 0 Å². The summed E-state index contributed by atoms with van der Waals surface area (Å²) in [5.74, 6) is -0.383. The third-order valence-corrected chi connectivity index (χ3v) is 2.60. The van der Waals surface area contributed by atoms with E-state index in [-0.39, 0.29) is 5.97 Å². The van der Waals surface area contributed by atoms with Gasteiger partial charge in [-0.1, -0.05) is 12.1 Å². The molecule has 2 rings (SSSR count). The van der Waals surface area contributed by atoms with Crippen molar-refractivity contribution in [3.8, 4) is 0 Å². The number of aromatic nitrogens is 1. The maximum Gasteiger partial charge on any atom is 0.354 e. The molecule has 0 aliphatic heterocycles. The first-order chi connectivity index (χ1) is 7.67. The second-order valence-electron chi connectivity index (χ2n) is 3.52. The average Bonchev–Trinajstić information content (AvgIpc) is 2.65. The zero-order valence-corrected chi connectivity index (χ0v) is 9.06. The topological polar surface area (TPSA) is 48.3 Å². The number of methoxy groups -OCH3 is 1. The fourth-order valence-electron chi connectivity index (χ4n) is 1.72. The van der Waals surface area contributed by atoms with E-state index in [0.717, 1.165) is 17.2 Å². The molecular formula is C12H11NO3. The molecule has 0 saturated carbocycles. The van der Waals surface area contributed by atoms with Gasteiger partial charge in [0.05, 0.1) is 7.11 Å². The summed E-state index contributed by atoms with van der Waals surface area (Å²) in [6.07, 6.45) is 0.782. The van der Waals surface area contributed by atoms with E-state index in [1.54, 1.807) is 29.8 Å². The van der Waals surface area contributed by atoms with Crippen molar-refractivity contribution in [1.29, 1.82) is 0 Å². The number of nitrogens with zero attached hydrogens (tertiary/aromatic N) is 1. The highest BCUT2D eigenvalue weighted by molar-refractivity contribution is 5.97. The molecule has 0 unspecified atom stereocenters. The molecule has 82 valence electrons. The summed E-state index contributed by atoms with van der Waals surface area (Å²) >= 11 is 0. The van der Waals surface area contributed by atoms with Gasteiger partial charge in [-0.05, 0) is 12.1 Å². The summed E-state index contributed by atoms with van der Waals surface area (Å²) in [4.78, 5) is 22.1. The molecular weight excluding hydrogens is 206 g/mol. The smallest absolute Gasteiger partial charge is 0.354 e. The van der Waals surface area contributed by atoms with Gasteiger partial charge in [0.25, 0.3) is 0 Å². The van der Waals surface area contributed by atoms with Gasteiger partial charge in [0.15, 0.2) is 0 Å². The molecule has 0 N–H and O–H groups in total. The van der Waals surface area contributed by atoms with Gasteiger partial charge >= 0.3 is 5.97 Å². The van der Waals surface area contributed by atoms with Gasteiger partial charge in [0, 0.05) is 23.5 Å². The lowest BCUT2D eigenvalue weighted by Crippen LogP contribution is -2.06. The fraction of sp³-hybridized carbons (Fsp3) is 0.167. The normalized spacial score (nSPS) is 10.4. The van der Waals surface area contributed by atoms with E-state index in [1.165, 1.54) is 7.11 Å². The Morgan fingerprint density at radius 2 is 2.12 bits per heavy atom. The van der Waals surface area contributed by atoms with Crippen LogP contribution in [-0.4, -0.2) is 23.9 Å². The first-order valence-corrected chi connectivity index (χ1v) is 4.80. The van der Waals surface area contributed by atoms with Crippen molar-refractivity contribution in [1.82, 2.24) is 4.57 Å². The number of rotatable bonds is 2. The highest BCUT2D eigenvalue weighted by atomic mass is 16.5. The van der Waals surface area contributed by atoms with E-state index in [9.17, 15) is 9.59 Å². The van der Waals surface area contributed by atoms with E-state index < -0.39 is 0 Å². The van der Waals surface area contributed by atoms with Crippen LogP contribution in [0, 0.1) is 0 Å². The van der Waals surface area contributed by atoms with Crippen LogP contribution in [-0.2, 0) is 11.8 Å². The molecule has 1 aromatic heterocycles. The molecule has 4 heteroatoms. The molecule has 1 heterocycles. The Hall–Kier alpha value is -2.10. The number of carbonyl (C=O) groups excluding carboxylic acids is 2. The van der Waals surface area contributed by atoms with Gasteiger partial charge in [-0.2, -0.15) is 0 Å². The third-order valence-electron chi connectivity index (χ3n) is 2.60. The Labute approximate surface area is 92.4 Å². The van der Waals surface area contributed by atoms with E-state index in [0.29, 0.717) is 11.3 Å². The number of carbonyl (C=O) groups is 2. The summed E-state index contributed by atoms with van der Waals surface area (Å²) in [7, 11) is 3.11. The molecule has 0 radical (unpaired) electrons. The number of esters is 1. The quantitative estimate of drug-likeness (QED) is 0.569. The highest BCUT2D eigenvalue weighted by Crippen LogP contribution is 2.20. The average molecular weight is 217 g/mol. The highest BCUT2D eigenvalue weighted by Gasteiger charge is 2.13. The molecule has 2 aromatic rings. The standard InChI is InChI=1S/C12H11NO3/c1-13-10-5-8(7-14)3-4-9(10)6-11(13)12(15)16-2/h3-7H,1-2H3. The van der Waals surface area contributed by atoms with Gasteiger partial charge in [-0.25, -0.2) is 4.79 Å². The minimum Gasteiger partial charge on any atom is -0.464 e. The molecule has 1 aromatic carbocycles. The Kier molecular flexibility index (Phi) is 2.48. The second kappa shape index (κ2) is 3.81. The van der Waals surface area contributed by atoms with Crippen molar-refractivity contribution < 1.29 is 14.3 Å². The number of ether oxygens (including phenoxy) is 1. The molecule has 16 heavy (non-hydrogen) atoms. The Morgan fingerprint density at radius 3 is 2.75 bits per heavy atom. The lowest BCUT2D eigenvalue weighted by atomic mass is 10.2. The van der Waals surface area contributed by atoms with Gasteiger partial charge in [0.1, 0.15) is 12.0 Å². The summed E-state index contributed by atoms with van der Waals surface area (Å²) in [6, 6.07) is 7.02. The zero-order chi connectivity index (χ0) is 11.7. The SMILES string of the molecule is COC(=O)c1cc2ccc(C=O)cc2n1C. The predicted octanol–water partition coefficient (Wildman–Crippen LogP) is 1.78. The molecule has 0 spiro atoms. The molecule has 0 saturated heterocycles. The van der Waals surface area contributed by atoms with Gasteiger partial charge < -0.3 is 9.30 Å². The maximum atomic E-state index is 11.4. The maximum absolute atomic E-state index is 11.4. The molecule has 0 atom stereocenters. The van der Waals surface area contributed by atoms with Crippen molar-refractivity contribution in [2.75, 3.05) is 7.11 Å². The van der Waals surface area contributed by atoms with Crippen molar-refractivity contribution >= 4 is 23.2 Å². The van der Waals surface area contributed by atoms with Gasteiger partial charge in [0.2, 0.25) is 0 Å². The molecule has 4 nitrogen and oxygen atoms in total. The van der Waals surface area contributed by atoms with Crippen molar-refractivity contribution in [3.05, 3.63) is 35.5 Å². The van der Waals surface area contributed by atoms with E-state index in [2.05, 4.69) is 4.74 Å². The van der Waals surface area contributed by atoms with Crippen LogP contribution in [0.15, 0.2) is 24.3 Å². The molecule has 0 bridgehead atoms. The summed E-state index contributed by atoms with van der Waals surface area (Å²) in [5, 5.41) is 0.911. The number of fused-ring (bicyclic) bond motifs is 1. The van der Waals surface area contributed by atoms with Crippen LogP contribution in [0.2, 0.25) is 0 Å². The molecule has 0 aliphatic carbocycles. The zero-order valence-electron chi connectivity index (χ0n) is 9.06. The minimum absolute atomic E-state index is 0.383. The van der Waals surface area contributed by atoms with Crippen LogP contribution in [0.5, 0.6) is 0 Å². The number of aryl methyl sites for hydroxylation is 1. The first kappa shape index (κ1) is 10.4. The van der Waals surface area contributed by atoms with Gasteiger partial charge in [-0.3, -0.25) is 4.79 Å². The van der Waals surface area contributed by atoms with E-state index in [1.807, 2.05) is 6.07 Å². The number of benzene rings is 1. The summed E-state index contributed by atoms with van der Waals surface area (Å²) in [5.41, 5.74) is 1.90. The molecule has 0 aliphatic rings. The van der Waals surface area contributed by atoms with E-state index in [4.69, 9.17) is 0 Å². The second-order valence-corrected chi connectivity index (χ2v) is 3.52. The van der Waals surface area contributed by atoms with Crippen molar-refractivity contribution in [2.24, 2.45) is 7.05 Å². The van der Waals surface area contributed by atoms with E-state index >= 15 is 0 Å². The Morgan fingerprint density at radius 1 is 1.38 bits per heavy atom. The minimum atomic E-state index is -0.383. The van der Waals surface area contributed by atoms with Crippen LogP contribution < -0.4 is 0 Å². The monoisotopic (exact) mass is 217 g/mol. The predicted molar refractivity (Wildman–Crippen MR) is 59.6 cm³/mol. The van der Waals surface area contributed by atoms with Crippen LogP contribution in [0.25, 0.3) is 10.9 Å².